The van der Waals surface area contributed by atoms with Crippen molar-refractivity contribution < 1.29 is 18.7 Å². The van der Waals surface area contributed by atoms with Gasteiger partial charge in [0.15, 0.2) is 11.5 Å². The Hall–Kier alpha value is -2.95. The molecule has 4 rings (SSSR count). The average Bonchev–Trinajstić information content (AvgIpc) is 3.05. The van der Waals surface area contributed by atoms with Gasteiger partial charge in [-0.05, 0) is 38.1 Å². The van der Waals surface area contributed by atoms with Crippen LogP contribution in [-0.4, -0.2) is 18.1 Å². The molecule has 3 atom stereocenters. The van der Waals surface area contributed by atoms with Crippen molar-refractivity contribution in [3.05, 3.63) is 60.4 Å². The molecular formula is C20H19NO4. The number of furan rings is 1. The van der Waals surface area contributed by atoms with Gasteiger partial charge in [0.1, 0.15) is 17.4 Å². The number of para-hydroxylation sites is 3. The number of hydrogen-bond donors (Lipinski definition) is 1. The Bertz CT molecular complexity index is 884. The molecule has 1 amide bonds. The smallest absolute Gasteiger partial charge is 0.265 e. The lowest BCUT2D eigenvalue weighted by atomic mass is 10.1. The Balaban J connectivity index is 1.49. The van der Waals surface area contributed by atoms with E-state index in [0.29, 0.717) is 17.3 Å². The number of amides is 1. The van der Waals surface area contributed by atoms with E-state index in [1.165, 1.54) is 0 Å². The maximum absolute atomic E-state index is 12.7. The minimum atomic E-state index is -0.707. The highest BCUT2D eigenvalue weighted by atomic mass is 16.6. The topological polar surface area (TPSA) is 60.7 Å². The van der Waals surface area contributed by atoms with Crippen molar-refractivity contribution in [3.63, 3.8) is 0 Å². The lowest BCUT2D eigenvalue weighted by molar-refractivity contribution is -0.134. The third-order valence-corrected chi connectivity index (χ3v) is 4.33. The zero-order chi connectivity index (χ0) is 17.4. The molecule has 128 valence electrons. The van der Waals surface area contributed by atoms with Crippen molar-refractivity contribution in [2.75, 3.05) is 0 Å². The Morgan fingerprint density at radius 2 is 1.72 bits per heavy atom. The highest BCUT2D eigenvalue weighted by Crippen LogP contribution is 2.33. The summed E-state index contributed by atoms with van der Waals surface area (Å²) in [6.07, 6.45) is -1.08. The fourth-order valence-corrected chi connectivity index (χ4v) is 2.99. The summed E-state index contributed by atoms with van der Waals surface area (Å²) in [5.41, 5.74) is 0.804. The second-order valence-corrected chi connectivity index (χ2v) is 6.23. The fraction of sp³-hybridized carbons (Fsp3) is 0.250. The molecule has 2 aromatic carbocycles. The summed E-state index contributed by atoms with van der Waals surface area (Å²) >= 11 is 0. The summed E-state index contributed by atoms with van der Waals surface area (Å²) in [5.74, 6) is 1.72. The zero-order valence-electron chi connectivity index (χ0n) is 14.1. The molecule has 3 unspecified atom stereocenters. The van der Waals surface area contributed by atoms with E-state index in [9.17, 15) is 4.79 Å². The molecule has 1 N–H and O–H groups in total. The number of rotatable bonds is 3. The summed E-state index contributed by atoms with van der Waals surface area (Å²) < 4.78 is 17.4. The largest absolute Gasteiger partial charge is 0.482 e. The lowest BCUT2D eigenvalue weighted by Crippen LogP contribution is -2.49. The van der Waals surface area contributed by atoms with Crippen LogP contribution in [0.1, 0.15) is 25.6 Å². The van der Waals surface area contributed by atoms with Gasteiger partial charge < -0.3 is 19.2 Å². The van der Waals surface area contributed by atoms with E-state index in [2.05, 4.69) is 5.32 Å². The molecule has 1 aliphatic rings. The second-order valence-electron chi connectivity index (χ2n) is 6.23. The standard InChI is InChI=1S/C20H19NO4/c1-12(18-11-14-7-3-4-8-15(14)24-18)21-20(22)19-13(2)23-16-9-5-6-10-17(16)25-19/h3-13,19H,1-2H3,(H,21,22). The van der Waals surface area contributed by atoms with Crippen LogP contribution in [0.25, 0.3) is 11.0 Å². The van der Waals surface area contributed by atoms with Gasteiger partial charge in [0, 0.05) is 5.39 Å². The molecule has 1 aliphatic heterocycles. The van der Waals surface area contributed by atoms with E-state index in [-0.39, 0.29) is 18.1 Å². The Morgan fingerprint density at radius 3 is 2.48 bits per heavy atom. The monoisotopic (exact) mass is 337 g/mol. The van der Waals surface area contributed by atoms with Crippen LogP contribution in [0.4, 0.5) is 0 Å². The molecule has 0 fully saturated rings. The molecule has 0 spiro atoms. The van der Waals surface area contributed by atoms with Crippen molar-refractivity contribution in [2.45, 2.75) is 32.1 Å². The number of carbonyl (C=O) groups excluding carboxylic acids is 1. The normalized spacial score (nSPS) is 20.2. The average molecular weight is 337 g/mol. The third kappa shape index (κ3) is 2.93. The quantitative estimate of drug-likeness (QED) is 0.789. The molecule has 0 aliphatic carbocycles. The van der Waals surface area contributed by atoms with E-state index in [4.69, 9.17) is 13.9 Å². The first-order chi connectivity index (χ1) is 12.1. The van der Waals surface area contributed by atoms with Crippen molar-refractivity contribution in [1.82, 2.24) is 5.32 Å². The number of carbonyl (C=O) groups is 1. The molecule has 0 bridgehead atoms. The number of ether oxygens (including phenoxy) is 2. The molecule has 1 aromatic heterocycles. The fourth-order valence-electron chi connectivity index (χ4n) is 2.99. The third-order valence-electron chi connectivity index (χ3n) is 4.33. The summed E-state index contributed by atoms with van der Waals surface area (Å²) in [5, 5.41) is 3.96. The van der Waals surface area contributed by atoms with Gasteiger partial charge >= 0.3 is 0 Å². The van der Waals surface area contributed by atoms with Gasteiger partial charge in [-0.25, -0.2) is 0 Å². The van der Waals surface area contributed by atoms with Crippen LogP contribution in [0, 0.1) is 0 Å². The molecule has 0 saturated heterocycles. The number of hydrogen-bond acceptors (Lipinski definition) is 4. The van der Waals surface area contributed by atoms with Crippen molar-refractivity contribution in [3.8, 4) is 11.5 Å². The molecule has 5 nitrogen and oxygen atoms in total. The first-order valence-electron chi connectivity index (χ1n) is 8.33. The van der Waals surface area contributed by atoms with E-state index >= 15 is 0 Å². The molecular weight excluding hydrogens is 318 g/mol. The highest BCUT2D eigenvalue weighted by molar-refractivity contribution is 5.83. The predicted octanol–water partition coefficient (Wildman–Crippen LogP) is 3.84. The maximum Gasteiger partial charge on any atom is 0.265 e. The van der Waals surface area contributed by atoms with Crippen LogP contribution in [0.5, 0.6) is 11.5 Å². The van der Waals surface area contributed by atoms with Crippen LogP contribution in [0.2, 0.25) is 0 Å². The maximum atomic E-state index is 12.7. The minimum Gasteiger partial charge on any atom is -0.482 e. The van der Waals surface area contributed by atoms with Gasteiger partial charge in [0.05, 0.1) is 6.04 Å². The van der Waals surface area contributed by atoms with Gasteiger partial charge in [-0.3, -0.25) is 4.79 Å². The van der Waals surface area contributed by atoms with Crippen LogP contribution in [-0.2, 0) is 4.79 Å². The number of nitrogens with one attached hydrogen (secondary N) is 1. The summed E-state index contributed by atoms with van der Waals surface area (Å²) in [6, 6.07) is 16.8. The van der Waals surface area contributed by atoms with Crippen LogP contribution >= 0.6 is 0 Å². The summed E-state index contributed by atoms with van der Waals surface area (Å²) in [7, 11) is 0. The molecule has 0 saturated carbocycles. The first kappa shape index (κ1) is 15.6. The van der Waals surface area contributed by atoms with Crippen LogP contribution in [0.15, 0.2) is 59.0 Å². The Kier molecular flexibility index (Phi) is 3.84. The summed E-state index contributed by atoms with van der Waals surface area (Å²) in [4.78, 5) is 12.7. The van der Waals surface area contributed by atoms with E-state index in [1.807, 2.05) is 62.4 Å². The molecule has 5 heteroatoms. The van der Waals surface area contributed by atoms with Crippen molar-refractivity contribution >= 4 is 16.9 Å². The molecule has 2 heterocycles. The zero-order valence-corrected chi connectivity index (χ0v) is 14.1. The number of benzene rings is 2. The number of fused-ring (bicyclic) bond motifs is 2. The Morgan fingerprint density at radius 1 is 1.04 bits per heavy atom. The van der Waals surface area contributed by atoms with Crippen molar-refractivity contribution in [2.24, 2.45) is 0 Å². The van der Waals surface area contributed by atoms with Gasteiger partial charge in [-0.2, -0.15) is 0 Å². The van der Waals surface area contributed by atoms with Crippen LogP contribution < -0.4 is 14.8 Å². The van der Waals surface area contributed by atoms with E-state index < -0.39 is 6.10 Å². The molecule has 25 heavy (non-hydrogen) atoms. The Labute approximate surface area is 145 Å². The minimum absolute atomic E-state index is 0.227. The second kappa shape index (κ2) is 6.16. The van der Waals surface area contributed by atoms with Gasteiger partial charge in [0.2, 0.25) is 6.10 Å². The van der Waals surface area contributed by atoms with Gasteiger partial charge in [0.25, 0.3) is 5.91 Å². The molecule has 0 radical (unpaired) electrons. The summed E-state index contributed by atoms with van der Waals surface area (Å²) in [6.45, 7) is 3.71. The van der Waals surface area contributed by atoms with Gasteiger partial charge in [-0.15, -0.1) is 0 Å². The SMILES string of the molecule is CC(NC(=O)C1Oc2ccccc2OC1C)c1cc2ccccc2o1. The molecule has 3 aromatic rings. The lowest BCUT2D eigenvalue weighted by Gasteiger charge is -2.31. The van der Waals surface area contributed by atoms with E-state index in [1.54, 1.807) is 6.07 Å². The van der Waals surface area contributed by atoms with Gasteiger partial charge in [-0.1, -0.05) is 30.3 Å². The van der Waals surface area contributed by atoms with Crippen molar-refractivity contribution in [1.29, 1.82) is 0 Å². The van der Waals surface area contributed by atoms with Crippen LogP contribution in [0.3, 0.4) is 0 Å². The highest BCUT2D eigenvalue weighted by Gasteiger charge is 2.34. The van der Waals surface area contributed by atoms with E-state index in [0.717, 1.165) is 11.0 Å². The predicted molar refractivity (Wildman–Crippen MR) is 93.7 cm³/mol. The first-order valence-corrected chi connectivity index (χ1v) is 8.33.